The first-order valence-corrected chi connectivity index (χ1v) is 10.3. The average molecular weight is 394 g/mol. The molecule has 0 spiro atoms. The largest absolute Gasteiger partial charge is 0.491 e. The van der Waals surface area contributed by atoms with Crippen LogP contribution < -0.4 is 0 Å². The average Bonchev–Trinajstić information content (AvgIpc) is 3.11. The number of non-ortho nitro benzene ring substituents is 1. The molecule has 2 aliphatic rings. The first-order valence-electron chi connectivity index (χ1n) is 8.67. The maximum Gasteiger partial charge on any atom is 0.491 e. The second-order valence-electron chi connectivity index (χ2n) is 7.84. The van der Waals surface area contributed by atoms with Crippen molar-refractivity contribution in [3.63, 3.8) is 0 Å². The third kappa shape index (κ3) is 3.93. The fourth-order valence-electron chi connectivity index (χ4n) is 2.94. The highest BCUT2D eigenvalue weighted by Crippen LogP contribution is 2.39. The summed E-state index contributed by atoms with van der Waals surface area (Å²) in [7, 11) is -4.13. The molecule has 1 fully saturated rings. The summed E-state index contributed by atoms with van der Waals surface area (Å²) in [6.07, 6.45) is 1.83. The van der Waals surface area contributed by atoms with Gasteiger partial charge in [0.05, 0.1) is 21.9 Å². The summed E-state index contributed by atoms with van der Waals surface area (Å²) in [4.78, 5) is 10.2. The Kier molecular flexibility index (Phi) is 4.96. The lowest BCUT2D eigenvalue weighted by molar-refractivity contribution is -0.384. The minimum atomic E-state index is -3.57. The highest BCUT2D eigenvalue weighted by Gasteiger charge is 2.53. The molecule has 0 radical (unpaired) electrons. The molecule has 0 atom stereocenters. The molecule has 27 heavy (non-hydrogen) atoms. The molecule has 2 aliphatic heterocycles. The van der Waals surface area contributed by atoms with Gasteiger partial charge in [0.25, 0.3) is 5.69 Å². The topological polar surface area (TPSA) is 99.0 Å². The Hall–Kier alpha value is -1.75. The van der Waals surface area contributed by atoms with E-state index in [1.54, 1.807) is 0 Å². The van der Waals surface area contributed by atoms with Crippen molar-refractivity contribution in [1.82, 2.24) is 4.31 Å². The number of hydrogen-bond acceptors (Lipinski definition) is 6. The highest BCUT2D eigenvalue weighted by atomic mass is 32.2. The van der Waals surface area contributed by atoms with Gasteiger partial charge in [-0.05, 0) is 38.7 Å². The van der Waals surface area contributed by atoms with Crippen LogP contribution in [-0.2, 0) is 25.1 Å². The number of benzene rings is 1. The predicted octanol–water partition coefficient (Wildman–Crippen LogP) is 2.30. The SMILES string of the molecule is CC1(C)OB(C2=CCN(S(=O)(=O)Cc3ccc([N+](=O)[O-])cc3)C2)OC1(C)C. The van der Waals surface area contributed by atoms with Crippen LogP contribution in [-0.4, -0.2) is 49.1 Å². The Bertz CT molecular complexity index is 863. The zero-order valence-electron chi connectivity index (χ0n) is 15.8. The number of hydrogen-bond donors (Lipinski definition) is 0. The Labute approximate surface area is 159 Å². The third-order valence-electron chi connectivity index (χ3n) is 5.36. The minimum absolute atomic E-state index is 0.0676. The standard InChI is InChI=1S/C17H23BN2O6S/c1-16(2)17(3,4)26-18(25-16)14-9-10-19(11-14)27(23,24)12-13-5-7-15(8-6-13)20(21)22/h5-9H,10-12H2,1-4H3. The fourth-order valence-corrected chi connectivity index (χ4v) is 4.39. The van der Waals surface area contributed by atoms with Gasteiger partial charge in [-0.25, -0.2) is 8.42 Å². The molecule has 10 heteroatoms. The van der Waals surface area contributed by atoms with E-state index in [1.807, 2.05) is 33.8 Å². The van der Waals surface area contributed by atoms with Crippen LogP contribution in [0.15, 0.2) is 35.8 Å². The molecule has 146 valence electrons. The third-order valence-corrected chi connectivity index (χ3v) is 7.12. The van der Waals surface area contributed by atoms with E-state index in [0.29, 0.717) is 5.56 Å². The normalized spacial score (nSPS) is 22.1. The van der Waals surface area contributed by atoms with Crippen molar-refractivity contribution < 1.29 is 22.6 Å². The molecular formula is C17H23BN2O6S. The first kappa shape index (κ1) is 20.0. The lowest BCUT2D eigenvalue weighted by Gasteiger charge is -2.32. The molecule has 0 saturated carbocycles. The molecule has 2 heterocycles. The molecule has 0 bridgehead atoms. The van der Waals surface area contributed by atoms with Gasteiger partial charge < -0.3 is 9.31 Å². The van der Waals surface area contributed by atoms with E-state index < -0.39 is 33.3 Å². The quantitative estimate of drug-likeness (QED) is 0.432. The van der Waals surface area contributed by atoms with Crippen molar-refractivity contribution in [1.29, 1.82) is 0 Å². The maximum absolute atomic E-state index is 12.7. The summed E-state index contributed by atoms with van der Waals surface area (Å²) >= 11 is 0. The first-order chi connectivity index (χ1) is 12.4. The molecular weight excluding hydrogens is 371 g/mol. The van der Waals surface area contributed by atoms with Gasteiger partial charge in [-0.2, -0.15) is 4.31 Å². The number of rotatable bonds is 5. The van der Waals surface area contributed by atoms with Crippen molar-refractivity contribution in [3.8, 4) is 0 Å². The van der Waals surface area contributed by atoms with Crippen LogP contribution in [0.5, 0.6) is 0 Å². The Morgan fingerprint density at radius 1 is 1.15 bits per heavy atom. The minimum Gasteiger partial charge on any atom is -0.400 e. The zero-order valence-corrected chi connectivity index (χ0v) is 16.7. The lowest BCUT2D eigenvalue weighted by atomic mass is 9.79. The molecule has 1 saturated heterocycles. The van der Waals surface area contributed by atoms with Gasteiger partial charge in [-0.1, -0.05) is 18.2 Å². The van der Waals surface area contributed by atoms with E-state index in [2.05, 4.69) is 0 Å². The number of nitrogens with zero attached hydrogens (tertiary/aromatic N) is 2. The monoisotopic (exact) mass is 394 g/mol. The predicted molar refractivity (Wildman–Crippen MR) is 101 cm³/mol. The molecule has 8 nitrogen and oxygen atoms in total. The summed E-state index contributed by atoms with van der Waals surface area (Å²) < 4.78 is 38.8. The van der Waals surface area contributed by atoms with Gasteiger partial charge in [0.2, 0.25) is 10.0 Å². The van der Waals surface area contributed by atoms with Crippen molar-refractivity contribution in [2.24, 2.45) is 0 Å². The summed E-state index contributed by atoms with van der Waals surface area (Å²) in [6.45, 7) is 8.27. The van der Waals surface area contributed by atoms with E-state index in [4.69, 9.17) is 9.31 Å². The van der Waals surface area contributed by atoms with Crippen molar-refractivity contribution in [2.45, 2.75) is 44.6 Å². The van der Waals surface area contributed by atoms with Crippen molar-refractivity contribution >= 4 is 22.8 Å². The second kappa shape index (κ2) is 6.70. The molecule has 0 aromatic heterocycles. The highest BCUT2D eigenvalue weighted by molar-refractivity contribution is 7.88. The summed E-state index contributed by atoms with van der Waals surface area (Å²) in [5.74, 6) is -0.213. The van der Waals surface area contributed by atoms with E-state index in [1.165, 1.54) is 28.6 Å². The Morgan fingerprint density at radius 2 is 1.70 bits per heavy atom. The number of sulfonamides is 1. The molecule has 1 aromatic carbocycles. The van der Waals surface area contributed by atoms with Gasteiger partial charge in [-0.15, -0.1) is 0 Å². The molecule has 0 amide bonds. The summed E-state index contributed by atoms with van der Waals surface area (Å²) in [6, 6.07) is 5.55. The van der Waals surface area contributed by atoms with Gasteiger partial charge in [0, 0.05) is 25.2 Å². The van der Waals surface area contributed by atoms with Crippen molar-refractivity contribution in [2.75, 3.05) is 13.1 Å². The Balaban J connectivity index is 1.66. The number of nitro benzene ring substituents is 1. The lowest BCUT2D eigenvalue weighted by Crippen LogP contribution is -2.41. The van der Waals surface area contributed by atoms with Gasteiger partial charge >= 0.3 is 7.12 Å². The van der Waals surface area contributed by atoms with Crippen LogP contribution in [0.25, 0.3) is 0 Å². The van der Waals surface area contributed by atoms with Crippen LogP contribution >= 0.6 is 0 Å². The molecule has 3 rings (SSSR count). The van der Waals surface area contributed by atoms with Crippen LogP contribution in [0.4, 0.5) is 5.69 Å². The van der Waals surface area contributed by atoms with Gasteiger partial charge in [0.15, 0.2) is 0 Å². The smallest absolute Gasteiger partial charge is 0.400 e. The molecule has 1 aromatic rings. The molecule has 0 aliphatic carbocycles. The maximum atomic E-state index is 12.7. The van der Waals surface area contributed by atoms with Crippen LogP contribution in [0.1, 0.15) is 33.3 Å². The second-order valence-corrected chi connectivity index (χ2v) is 9.81. The Morgan fingerprint density at radius 3 is 2.22 bits per heavy atom. The van der Waals surface area contributed by atoms with E-state index in [-0.39, 0.29) is 24.5 Å². The summed E-state index contributed by atoms with van der Waals surface area (Å²) in [5, 5.41) is 10.7. The summed E-state index contributed by atoms with van der Waals surface area (Å²) in [5.41, 5.74) is 0.264. The fraction of sp³-hybridized carbons (Fsp3) is 0.529. The van der Waals surface area contributed by atoms with E-state index >= 15 is 0 Å². The molecule has 0 unspecified atom stereocenters. The van der Waals surface area contributed by atoms with E-state index in [9.17, 15) is 18.5 Å². The van der Waals surface area contributed by atoms with Crippen LogP contribution in [0.3, 0.4) is 0 Å². The van der Waals surface area contributed by atoms with Gasteiger partial charge in [0.1, 0.15) is 0 Å². The van der Waals surface area contributed by atoms with Crippen LogP contribution in [0.2, 0.25) is 0 Å². The van der Waals surface area contributed by atoms with Crippen LogP contribution in [0, 0.1) is 10.1 Å². The number of nitro groups is 1. The van der Waals surface area contributed by atoms with Gasteiger partial charge in [-0.3, -0.25) is 10.1 Å². The van der Waals surface area contributed by atoms with E-state index in [0.717, 1.165) is 5.47 Å². The zero-order chi connectivity index (χ0) is 20.0. The van der Waals surface area contributed by atoms with Crippen molar-refractivity contribution in [3.05, 3.63) is 51.5 Å². The molecule has 0 N–H and O–H groups in total.